The summed E-state index contributed by atoms with van der Waals surface area (Å²) in [4.78, 5) is 0. The maximum absolute atomic E-state index is 9.30. The lowest BCUT2D eigenvalue weighted by atomic mass is 10.1. The van der Waals surface area contributed by atoms with E-state index in [0.29, 0.717) is 5.33 Å². The predicted molar refractivity (Wildman–Crippen MR) is 45.2 cm³/mol. The summed E-state index contributed by atoms with van der Waals surface area (Å²) >= 11 is 8.64. The molecule has 1 heterocycles. The summed E-state index contributed by atoms with van der Waals surface area (Å²) in [7, 11) is 0. The molecule has 4 unspecified atom stereocenters. The van der Waals surface area contributed by atoms with Crippen LogP contribution in [0.15, 0.2) is 0 Å². The van der Waals surface area contributed by atoms with Crippen LogP contribution in [0.25, 0.3) is 0 Å². The molecule has 2 N–H and O–H groups in total. The first-order valence-electron chi connectivity index (χ1n) is 3.34. The average Bonchev–Trinajstić information content (AvgIpc) is 2.30. The van der Waals surface area contributed by atoms with Crippen LogP contribution in [0.1, 0.15) is 0 Å². The van der Waals surface area contributed by atoms with E-state index in [-0.39, 0.29) is 12.0 Å². The fraction of sp³-hybridized carbons (Fsp3) is 1.00. The van der Waals surface area contributed by atoms with Crippen LogP contribution in [-0.4, -0.2) is 45.8 Å². The molecule has 1 fully saturated rings. The molecule has 5 heteroatoms. The van der Waals surface area contributed by atoms with E-state index in [9.17, 15) is 10.2 Å². The number of ether oxygens (including phenoxy) is 1. The minimum absolute atomic E-state index is 0.210. The van der Waals surface area contributed by atoms with Crippen molar-refractivity contribution < 1.29 is 14.9 Å². The zero-order chi connectivity index (χ0) is 8.43. The first kappa shape index (κ1) is 9.74. The Kier molecular flexibility index (Phi) is 3.58. The van der Waals surface area contributed by atoms with Gasteiger partial charge in [-0.15, -0.1) is 11.6 Å². The summed E-state index contributed by atoms with van der Waals surface area (Å²) in [5, 5.41) is 19.1. The van der Waals surface area contributed by atoms with Crippen molar-refractivity contribution in [2.24, 2.45) is 0 Å². The Morgan fingerprint density at radius 2 is 1.82 bits per heavy atom. The van der Waals surface area contributed by atoms with Crippen LogP contribution in [0.5, 0.6) is 0 Å². The average molecular weight is 246 g/mol. The molecular weight excluding hydrogens is 235 g/mol. The Morgan fingerprint density at radius 1 is 1.27 bits per heavy atom. The van der Waals surface area contributed by atoms with E-state index in [1.54, 1.807) is 0 Å². The van der Waals surface area contributed by atoms with Gasteiger partial charge in [0.2, 0.25) is 0 Å². The van der Waals surface area contributed by atoms with Gasteiger partial charge in [0, 0.05) is 5.33 Å². The SMILES string of the molecule is OC1C(CCl)OC(CBr)C1O. The Bertz CT molecular complexity index is 117. The molecule has 0 spiro atoms. The molecule has 0 aromatic carbocycles. The number of aliphatic hydroxyl groups is 2. The van der Waals surface area contributed by atoms with Crippen LogP contribution in [0.4, 0.5) is 0 Å². The standard InChI is InChI=1S/C6H10BrClO3/c7-1-3-5(9)6(10)4(2-8)11-3/h3-6,9-10H,1-2H2. The number of rotatable bonds is 2. The van der Waals surface area contributed by atoms with E-state index in [4.69, 9.17) is 16.3 Å². The minimum atomic E-state index is -0.852. The Morgan fingerprint density at radius 3 is 2.09 bits per heavy atom. The second-order valence-corrected chi connectivity index (χ2v) is 3.46. The van der Waals surface area contributed by atoms with E-state index < -0.39 is 18.3 Å². The molecule has 0 aromatic heterocycles. The van der Waals surface area contributed by atoms with Gasteiger partial charge in [-0.05, 0) is 0 Å². The van der Waals surface area contributed by atoms with Crippen LogP contribution >= 0.6 is 27.5 Å². The zero-order valence-electron chi connectivity index (χ0n) is 5.78. The largest absolute Gasteiger partial charge is 0.388 e. The van der Waals surface area contributed by atoms with Crippen LogP contribution in [-0.2, 0) is 4.74 Å². The molecule has 1 saturated heterocycles. The fourth-order valence-corrected chi connectivity index (χ4v) is 1.87. The number of alkyl halides is 2. The number of hydrogen-bond donors (Lipinski definition) is 2. The molecule has 0 amide bonds. The molecular formula is C6H10BrClO3. The van der Waals surface area contributed by atoms with Crippen LogP contribution < -0.4 is 0 Å². The van der Waals surface area contributed by atoms with Crippen molar-refractivity contribution in [3.8, 4) is 0 Å². The van der Waals surface area contributed by atoms with Crippen LogP contribution in [0.3, 0.4) is 0 Å². The number of halogens is 2. The van der Waals surface area contributed by atoms with Crippen molar-refractivity contribution in [2.45, 2.75) is 24.4 Å². The van der Waals surface area contributed by atoms with Crippen molar-refractivity contribution in [1.29, 1.82) is 0 Å². The normalized spacial score (nSPS) is 44.7. The minimum Gasteiger partial charge on any atom is -0.388 e. The Labute approximate surface area is 78.4 Å². The van der Waals surface area contributed by atoms with Crippen LogP contribution in [0, 0.1) is 0 Å². The van der Waals surface area contributed by atoms with Crippen molar-refractivity contribution in [3.05, 3.63) is 0 Å². The fourth-order valence-electron chi connectivity index (χ4n) is 1.08. The third-order valence-corrected chi connectivity index (χ3v) is 2.71. The molecule has 1 aliphatic heterocycles. The monoisotopic (exact) mass is 244 g/mol. The van der Waals surface area contributed by atoms with Gasteiger partial charge in [-0.25, -0.2) is 0 Å². The van der Waals surface area contributed by atoms with Crippen molar-refractivity contribution in [1.82, 2.24) is 0 Å². The van der Waals surface area contributed by atoms with E-state index in [1.165, 1.54) is 0 Å². The first-order valence-corrected chi connectivity index (χ1v) is 4.99. The lowest BCUT2D eigenvalue weighted by molar-refractivity contribution is 0.0327. The molecule has 66 valence electrons. The summed E-state index contributed by atoms with van der Waals surface area (Å²) in [6, 6.07) is 0. The van der Waals surface area contributed by atoms with Gasteiger partial charge >= 0.3 is 0 Å². The van der Waals surface area contributed by atoms with Gasteiger partial charge in [-0.1, -0.05) is 15.9 Å². The summed E-state index contributed by atoms with van der Waals surface area (Å²) in [6.45, 7) is 0. The van der Waals surface area contributed by atoms with Gasteiger partial charge < -0.3 is 14.9 Å². The maximum atomic E-state index is 9.30. The third kappa shape index (κ3) is 1.87. The van der Waals surface area contributed by atoms with E-state index in [2.05, 4.69) is 15.9 Å². The maximum Gasteiger partial charge on any atom is 0.110 e. The molecule has 1 aliphatic rings. The summed E-state index contributed by atoms with van der Waals surface area (Å²) in [5.74, 6) is 0.210. The van der Waals surface area contributed by atoms with Gasteiger partial charge in [-0.2, -0.15) is 0 Å². The third-order valence-electron chi connectivity index (χ3n) is 1.77. The summed E-state index contributed by atoms with van der Waals surface area (Å²) < 4.78 is 5.21. The van der Waals surface area contributed by atoms with Crippen LogP contribution in [0.2, 0.25) is 0 Å². The van der Waals surface area contributed by atoms with Crippen molar-refractivity contribution >= 4 is 27.5 Å². The van der Waals surface area contributed by atoms with Gasteiger partial charge in [0.15, 0.2) is 0 Å². The number of aliphatic hydroxyl groups excluding tert-OH is 2. The Hall–Kier alpha value is 0.650. The molecule has 4 atom stereocenters. The van der Waals surface area contributed by atoms with Crippen molar-refractivity contribution in [3.63, 3.8) is 0 Å². The lowest BCUT2D eigenvalue weighted by Gasteiger charge is -2.10. The predicted octanol–water partition coefficient (Wildman–Crippen LogP) is 0.109. The Balaban J connectivity index is 2.53. The van der Waals surface area contributed by atoms with Gasteiger partial charge in [0.25, 0.3) is 0 Å². The highest BCUT2D eigenvalue weighted by Gasteiger charge is 2.41. The molecule has 3 nitrogen and oxygen atoms in total. The first-order chi connectivity index (χ1) is 5.20. The quantitative estimate of drug-likeness (QED) is 0.679. The molecule has 0 saturated carbocycles. The van der Waals surface area contributed by atoms with Gasteiger partial charge in [-0.3, -0.25) is 0 Å². The number of hydrogen-bond acceptors (Lipinski definition) is 3. The van der Waals surface area contributed by atoms with Gasteiger partial charge in [0.1, 0.15) is 18.3 Å². The zero-order valence-corrected chi connectivity index (χ0v) is 8.12. The van der Waals surface area contributed by atoms with Gasteiger partial charge in [0.05, 0.1) is 12.0 Å². The highest BCUT2D eigenvalue weighted by Crippen LogP contribution is 2.23. The van der Waals surface area contributed by atoms with E-state index >= 15 is 0 Å². The molecule has 0 aromatic rings. The topological polar surface area (TPSA) is 49.7 Å². The lowest BCUT2D eigenvalue weighted by Crippen LogP contribution is -2.33. The van der Waals surface area contributed by atoms with E-state index in [1.807, 2.05) is 0 Å². The molecule has 1 rings (SSSR count). The highest BCUT2D eigenvalue weighted by atomic mass is 79.9. The second kappa shape index (κ2) is 4.05. The summed E-state index contributed by atoms with van der Waals surface area (Å²) in [5.41, 5.74) is 0. The summed E-state index contributed by atoms with van der Waals surface area (Å²) in [6.07, 6.45) is -2.45. The molecule has 11 heavy (non-hydrogen) atoms. The molecule has 0 aliphatic carbocycles. The smallest absolute Gasteiger partial charge is 0.110 e. The van der Waals surface area contributed by atoms with E-state index in [0.717, 1.165) is 0 Å². The molecule has 0 bridgehead atoms. The molecule has 0 radical (unpaired) electrons. The second-order valence-electron chi connectivity index (χ2n) is 2.50. The van der Waals surface area contributed by atoms with Crippen molar-refractivity contribution in [2.75, 3.05) is 11.2 Å². The highest BCUT2D eigenvalue weighted by molar-refractivity contribution is 9.09.